The maximum atomic E-state index is 12.9. The number of hydrogen-bond donors (Lipinski definition) is 1. The van der Waals surface area contributed by atoms with Gasteiger partial charge < -0.3 is 5.32 Å². The van der Waals surface area contributed by atoms with Gasteiger partial charge in [0.25, 0.3) is 5.91 Å². The molecular formula is C22H22ClN3O2. The van der Waals surface area contributed by atoms with Crippen LogP contribution in [0.1, 0.15) is 41.6 Å². The number of carbonyl (C=O) groups excluding carboxylic acids is 1. The summed E-state index contributed by atoms with van der Waals surface area (Å²) in [6.07, 6.45) is 0. The molecule has 5 nitrogen and oxygen atoms in total. The van der Waals surface area contributed by atoms with E-state index in [0.717, 1.165) is 5.56 Å². The number of aromatic nitrogens is 2. The molecular weight excluding hydrogens is 374 g/mol. The smallest absolute Gasteiger partial charge is 0.276 e. The molecule has 0 fully saturated rings. The first-order valence-corrected chi connectivity index (χ1v) is 9.48. The average molecular weight is 396 g/mol. The molecule has 1 amide bonds. The third kappa shape index (κ3) is 4.15. The second-order valence-electron chi connectivity index (χ2n) is 6.97. The molecule has 3 aromatic rings. The number of para-hydroxylation sites is 1. The van der Waals surface area contributed by atoms with E-state index in [1.54, 1.807) is 19.1 Å². The van der Waals surface area contributed by atoms with Crippen molar-refractivity contribution in [2.75, 3.05) is 0 Å². The number of rotatable bonds is 5. The number of halogens is 1. The fraction of sp³-hybridized carbons (Fsp3) is 0.227. The molecule has 0 aliphatic rings. The second kappa shape index (κ2) is 8.40. The van der Waals surface area contributed by atoms with E-state index in [1.165, 1.54) is 10.7 Å². The molecule has 0 radical (unpaired) electrons. The molecule has 6 heteroatoms. The number of amides is 1. The SMILES string of the molecule is Cc1cc(=O)c(C(=O)NC(c2ccccc2)C(C)C)nn1-c1ccccc1Cl. The van der Waals surface area contributed by atoms with E-state index in [9.17, 15) is 9.59 Å². The van der Waals surface area contributed by atoms with Crippen LogP contribution in [0.25, 0.3) is 5.69 Å². The van der Waals surface area contributed by atoms with Gasteiger partial charge in [0, 0.05) is 11.8 Å². The van der Waals surface area contributed by atoms with Crippen LogP contribution in [0.15, 0.2) is 65.5 Å². The third-order valence-corrected chi connectivity index (χ3v) is 4.83. The van der Waals surface area contributed by atoms with Crippen molar-refractivity contribution in [1.29, 1.82) is 0 Å². The van der Waals surface area contributed by atoms with E-state index in [4.69, 9.17) is 11.6 Å². The van der Waals surface area contributed by atoms with Gasteiger partial charge >= 0.3 is 0 Å². The summed E-state index contributed by atoms with van der Waals surface area (Å²) in [5.74, 6) is -0.365. The molecule has 0 saturated carbocycles. The predicted octanol–water partition coefficient (Wildman–Crippen LogP) is 4.32. The Morgan fingerprint density at radius 2 is 1.71 bits per heavy atom. The molecule has 1 atom stereocenters. The number of aryl methyl sites for hydroxylation is 1. The molecule has 28 heavy (non-hydrogen) atoms. The lowest BCUT2D eigenvalue weighted by atomic mass is 9.96. The third-order valence-electron chi connectivity index (χ3n) is 4.52. The molecule has 144 valence electrons. The molecule has 1 heterocycles. The Hall–Kier alpha value is -2.92. The van der Waals surface area contributed by atoms with Gasteiger partial charge in [0.2, 0.25) is 5.43 Å². The van der Waals surface area contributed by atoms with Crippen LogP contribution in [0, 0.1) is 12.8 Å². The summed E-state index contributed by atoms with van der Waals surface area (Å²) in [4.78, 5) is 25.4. The lowest BCUT2D eigenvalue weighted by Gasteiger charge is -2.23. The lowest BCUT2D eigenvalue weighted by Crippen LogP contribution is -2.36. The summed E-state index contributed by atoms with van der Waals surface area (Å²) in [6, 6.07) is 18.0. The van der Waals surface area contributed by atoms with Gasteiger partial charge in [0.15, 0.2) is 5.69 Å². The van der Waals surface area contributed by atoms with Gasteiger partial charge in [-0.1, -0.05) is 67.9 Å². The van der Waals surface area contributed by atoms with Crippen molar-refractivity contribution >= 4 is 17.5 Å². The van der Waals surface area contributed by atoms with Crippen molar-refractivity contribution in [3.8, 4) is 5.69 Å². The molecule has 0 spiro atoms. The van der Waals surface area contributed by atoms with Crippen LogP contribution < -0.4 is 10.7 Å². The van der Waals surface area contributed by atoms with Gasteiger partial charge in [-0.25, -0.2) is 4.68 Å². The Kier molecular flexibility index (Phi) is 5.95. The van der Waals surface area contributed by atoms with E-state index >= 15 is 0 Å². The largest absolute Gasteiger partial charge is 0.343 e. The van der Waals surface area contributed by atoms with E-state index < -0.39 is 11.3 Å². The van der Waals surface area contributed by atoms with Crippen LogP contribution in [0.5, 0.6) is 0 Å². The van der Waals surface area contributed by atoms with E-state index in [1.807, 2.05) is 56.3 Å². The minimum absolute atomic E-state index is 0.141. The summed E-state index contributed by atoms with van der Waals surface area (Å²) in [5, 5.41) is 7.76. The molecule has 0 aliphatic heterocycles. The maximum Gasteiger partial charge on any atom is 0.276 e. The Morgan fingerprint density at radius 1 is 1.07 bits per heavy atom. The molecule has 2 aromatic carbocycles. The first-order chi connectivity index (χ1) is 13.4. The lowest BCUT2D eigenvalue weighted by molar-refractivity contribution is 0.0917. The van der Waals surface area contributed by atoms with Gasteiger partial charge in [0.05, 0.1) is 16.8 Å². The molecule has 1 N–H and O–H groups in total. The van der Waals surface area contributed by atoms with Gasteiger partial charge in [-0.2, -0.15) is 5.10 Å². The minimum Gasteiger partial charge on any atom is -0.343 e. The Morgan fingerprint density at radius 3 is 2.36 bits per heavy atom. The maximum absolute atomic E-state index is 12.9. The fourth-order valence-electron chi connectivity index (χ4n) is 3.08. The summed E-state index contributed by atoms with van der Waals surface area (Å²) in [7, 11) is 0. The molecule has 0 aliphatic carbocycles. The Labute approximate surface area is 169 Å². The van der Waals surface area contributed by atoms with Crippen molar-refractivity contribution < 1.29 is 4.79 Å². The predicted molar refractivity (Wildman–Crippen MR) is 111 cm³/mol. The number of benzene rings is 2. The van der Waals surface area contributed by atoms with Crippen molar-refractivity contribution in [2.24, 2.45) is 5.92 Å². The quantitative estimate of drug-likeness (QED) is 0.699. The van der Waals surface area contributed by atoms with Crippen molar-refractivity contribution in [1.82, 2.24) is 15.1 Å². The van der Waals surface area contributed by atoms with Crippen molar-refractivity contribution in [3.05, 3.63) is 92.9 Å². The molecule has 0 saturated heterocycles. The minimum atomic E-state index is -0.506. The van der Waals surface area contributed by atoms with Gasteiger partial charge in [-0.3, -0.25) is 9.59 Å². The zero-order chi connectivity index (χ0) is 20.3. The van der Waals surface area contributed by atoms with Crippen LogP contribution in [0.3, 0.4) is 0 Å². The van der Waals surface area contributed by atoms with Gasteiger partial charge in [-0.05, 0) is 30.5 Å². The second-order valence-corrected chi connectivity index (χ2v) is 7.37. The van der Waals surface area contributed by atoms with Crippen molar-refractivity contribution in [2.45, 2.75) is 26.8 Å². The highest BCUT2D eigenvalue weighted by Crippen LogP contribution is 2.22. The first kappa shape index (κ1) is 19.8. The number of hydrogen-bond acceptors (Lipinski definition) is 3. The Bertz CT molecular complexity index is 1050. The molecule has 1 unspecified atom stereocenters. The summed E-state index contributed by atoms with van der Waals surface area (Å²) in [5.41, 5.74) is 1.60. The molecule has 3 rings (SSSR count). The van der Waals surface area contributed by atoms with Crippen LogP contribution in [-0.2, 0) is 0 Å². The number of carbonyl (C=O) groups is 1. The Balaban J connectivity index is 1.99. The highest BCUT2D eigenvalue weighted by atomic mass is 35.5. The first-order valence-electron chi connectivity index (χ1n) is 9.10. The summed E-state index contributed by atoms with van der Waals surface area (Å²) >= 11 is 6.27. The van der Waals surface area contributed by atoms with Crippen LogP contribution >= 0.6 is 11.6 Å². The monoisotopic (exact) mass is 395 g/mol. The zero-order valence-electron chi connectivity index (χ0n) is 16.0. The summed E-state index contributed by atoms with van der Waals surface area (Å²) in [6.45, 7) is 5.78. The van der Waals surface area contributed by atoms with Crippen LogP contribution in [-0.4, -0.2) is 15.7 Å². The summed E-state index contributed by atoms with van der Waals surface area (Å²) < 4.78 is 1.52. The number of nitrogens with one attached hydrogen (secondary N) is 1. The highest BCUT2D eigenvalue weighted by molar-refractivity contribution is 6.32. The van der Waals surface area contributed by atoms with Gasteiger partial charge in [0.1, 0.15) is 0 Å². The topological polar surface area (TPSA) is 64.0 Å². The number of nitrogens with zero attached hydrogens (tertiary/aromatic N) is 2. The molecule has 0 bridgehead atoms. The normalized spacial score (nSPS) is 12.0. The highest BCUT2D eigenvalue weighted by Gasteiger charge is 2.22. The van der Waals surface area contributed by atoms with Gasteiger partial charge in [-0.15, -0.1) is 0 Å². The fourth-order valence-corrected chi connectivity index (χ4v) is 3.29. The van der Waals surface area contributed by atoms with E-state index in [0.29, 0.717) is 16.4 Å². The van der Waals surface area contributed by atoms with E-state index in [-0.39, 0.29) is 17.7 Å². The van der Waals surface area contributed by atoms with Crippen molar-refractivity contribution in [3.63, 3.8) is 0 Å². The van der Waals surface area contributed by atoms with Crippen LogP contribution in [0.4, 0.5) is 0 Å². The molecule has 1 aromatic heterocycles. The standard InChI is InChI=1S/C22H22ClN3O2/c1-14(2)20(16-9-5-4-6-10-16)24-22(28)21-19(27)13-15(3)26(25-21)18-12-8-7-11-17(18)23/h4-14,20H,1-3H3,(H,24,28). The van der Waals surface area contributed by atoms with Crippen LogP contribution in [0.2, 0.25) is 5.02 Å². The average Bonchev–Trinajstić information content (AvgIpc) is 2.67. The zero-order valence-corrected chi connectivity index (χ0v) is 16.8. The van der Waals surface area contributed by atoms with E-state index in [2.05, 4.69) is 10.4 Å².